The molecule has 1 fully saturated rings. The van der Waals surface area contributed by atoms with Crippen LogP contribution >= 0.6 is 11.6 Å². The molecule has 2 atom stereocenters. The minimum Gasteiger partial charge on any atom is -0.298 e. The van der Waals surface area contributed by atoms with Crippen molar-refractivity contribution in [3.8, 4) is 6.07 Å². The fraction of sp³-hybridized carbons (Fsp3) is 0.900. The summed E-state index contributed by atoms with van der Waals surface area (Å²) in [6.45, 7) is 4.05. The van der Waals surface area contributed by atoms with E-state index in [0.29, 0.717) is 6.04 Å². The van der Waals surface area contributed by atoms with Gasteiger partial charge in [-0.1, -0.05) is 13.3 Å². The van der Waals surface area contributed by atoms with Gasteiger partial charge in [-0.15, -0.1) is 11.6 Å². The summed E-state index contributed by atoms with van der Waals surface area (Å²) in [5, 5.41) is 8.28. The molecule has 2 unspecified atom stereocenters. The number of hydrogen-bond acceptors (Lipinski definition) is 2. The van der Waals surface area contributed by atoms with Crippen LogP contribution in [0.2, 0.25) is 0 Å². The zero-order valence-electron chi connectivity index (χ0n) is 8.17. The predicted molar refractivity (Wildman–Crippen MR) is 54.8 cm³/mol. The number of nitrogens with zero attached hydrogens (tertiary/aromatic N) is 2. The highest BCUT2D eigenvalue weighted by Gasteiger charge is 2.22. The minimum atomic E-state index is -0.341. The third kappa shape index (κ3) is 3.17. The van der Waals surface area contributed by atoms with Crippen LogP contribution in [0, 0.1) is 11.3 Å². The van der Waals surface area contributed by atoms with Crippen LogP contribution in [0.15, 0.2) is 0 Å². The first-order chi connectivity index (χ1) is 6.27. The fourth-order valence-corrected chi connectivity index (χ4v) is 2.19. The van der Waals surface area contributed by atoms with E-state index in [-0.39, 0.29) is 5.38 Å². The Morgan fingerprint density at radius 1 is 1.62 bits per heavy atom. The maximum atomic E-state index is 8.62. The lowest BCUT2D eigenvalue weighted by atomic mass is 10.00. The van der Waals surface area contributed by atoms with Crippen molar-refractivity contribution in [2.75, 3.05) is 13.1 Å². The highest BCUT2D eigenvalue weighted by molar-refractivity contribution is 6.22. The first-order valence-corrected chi connectivity index (χ1v) is 5.49. The molecule has 0 aliphatic carbocycles. The Kier molecular flexibility index (Phi) is 4.55. The number of alkyl halides is 1. The SMILES string of the molecule is CCC1CCCCN1CC(Cl)C#N. The topological polar surface area (TPSA) is 27.0 Å². The van der Waals surface area contributed by atoms with Crippen LogP contribution in [0.5, 0.6) is 0 Å². The molecule has 0 aromatic rings. The van der Waals surface area contributed by atoms with Crippen molar-refractivity contribution in [1.82, 2.24) is 4.90 Å². The molecule has 1 aliphatic heterocycles. The van der Waals surface area contributed by atoms with Crippen molar-refractivity contribution in [2.24, 2.45) is 0 Å². The normalized spacial score (nSPS) is 26.7. The lowest BCUT2D eigenvalue weighted by Crippen LogP contribution is -2.42. The molecule has 0 saturated carbocycles. The van der Waals surface area contributed by atoms with Crippen LogP contribution in [-0.4, -0.2) is 29.4 Å². The maximum absolute atomic E-state index is 8.62. The van der Waals surface area contributed by atoms with Gasteiger partial charge >= 0.3 is 0 Å². The number of likely N-dealkylation sites (tertiary alicyclic amines) is 1. The Morgan fingerprint density at radius 3 is 3.00 bits per heavy atom. The number of piperidine rings is 1. The summed E-state index contributed by atoms with van der Waals surface area (Å²) in [6, 6.07) is 2.74. The molecule has 1 heterocycles. The Bertz CT molecular complexity index is 188. The van der Waals surface area contributed by atoms with E-state index in [2.05, 4.69) is 17.9 Å². The third-order valence-corrected chi connectivity index (χ3v) is 2.99. The summed E-state index contributed by atoms with van der Waals surface area (Å²) in [5.74, 6) is 0. The molecule has 0 aromatic heterocycles. The van der Waals surface area contributed by atoms with Gasteiger partial charge < -0.3 is 0 Å². The predicted octanol–water partition coefficient (Wildman–Crippen LogP) is 2.38. The maximum Gasteiger partial charge on any atom is 0.133 e. The standard InChI is InChI=1S/C10H17ClN2/c1-2-10-5-3-4-6-13(10)8-9(11)7-12/h9-10H,2-6,8H2,1H3. The van der Waals surface area contributed by atoms with Crippen molar-refractivity contribution in [3.63, 3.8) is 0 Å². The zero-order valence-corrected chi connectivity index (χ0v) is 8.93. The van der Waals surface area contributed by atoms with Gasteiger partial charge in [0.1, 0.15) is 5.38 Å². The molecule has 1 saturated heterocycles. The van der Waals surface area contributed by atoms with Crippen LogP contribution in [0.4, 0.5) is 0 Å². The van der Waals surface area contributed by atoms with Crippen LogP contribution in [0.3, 0.4) is 0 Å². The van der Waals surface area contributed by atoms with Crippen molar-refractivity contribution in [3.05, 3.63) is 0 Å². The molecular formula is C10H17ClN2. The summed E-state index contributed by atoms with van der Waals surface area (Å²) in [4.78, 5) is 2.37. The van der Waals surface area contributed by atoms with E-state index in [9.17, 15) is 0 Å². The monoisotopic (exact) mass is 200 g/mol. The average Bonchev–Trinajstić information content (AvgIpc) is 2.18. The minimum absolute atomic E-state index is 0.341. The molecule has 13 heavy (non-hydrogen) atoms. The van der Waals surface area contributed by atoms with Crippen LogP contribution in [-0.2, 0) is 0 Å². The van der Waals surface area contributed by atoms with Gasteiger partial charge in [-0.2, -0.15) is 5.26 Å². The molecule has 0 spiro atoms. The first kappa shape index (κ1) is 10.8. The Balaban J connectivity index is 2.41. The first-order valence-electron chi connectivity index (χ1n) is 5.05. The van der Waals surface area contributed by atoms with E-state index in [1.807, 2.05) is 0 Å². The van der Waals surface area contributed by atoms with Crippen molar-refractivity contribution in [1.29, 1.82) is 5.26 Å². The van der Waals surface area contributed by atoms with E-state index in [1.54, 1.807) is 0 Å². The lowest BCUT2D eigenvalue weighted by Gasteiger charge is -2.35. The van der Waals surface area contributed by atoms with Gasteiger partial charge in [-0.25, -0.2) is 0 Å². The average molecular weight is 201 g/mol. The molecule has 1 aliphatic rings. The Labute approximate surface area is 85.5 Å². The highest BCUT2D eigenvalue weighted by atomic mass is 35.5. The van der Waals surface area contributed by atoms with E-state index in [4.69, 9.17) is 16.9 Å². The Hall–Kier alpha value is -0.260. The van der Waals surface area contributed by atoms with Gasteiger partial charge in [0.05, 0.1) is 6.07 Å². The molecule has 0 N–H and O–H groups in total. The summed E-state index contributed by atoms with van der Waals surface area (Å²) in [7, 11) is 0. The molecule has 3 heteroatoms. The van der Waals surface area contributed by atoms with Gasteiger partial charge in [0.2, 0.25) is 0 Å². The van der Waals surface area contributed by atoms with E-state index < -0.39 is 0 Å². The largest absolute Gasteiger partial charge is 0.298 e. The second-order valence-electron chi connectivity index (χ2n) is 3.65. The summed E-state index contributed by atoms with van der Waals surface area (Å²) < 4.78 is 0. The molecule has 0 radical (unpaired) electrons. The van der Waals surface area contributed by atoms with Crippen molar-refractivity contribution < 1.29 is 0 Å². The summed E-state index contributed by atoms with van der Waals surface area (Å²) in [5.41, 5.74) is 0. The van der Waals surface area contributed by atoms with Crippen LogP contribution < -0.4 is 0 Å². The number of rotatable bonds is 3. The number of nitriles is 1. The zero-order chi connectivity index (χ0) is 9.68. The highest BCUT2D eigenvalue weighted by Crippen LogP contribution is 2.20. The molecular weight excluding hydrogens is 184 g/mol. The second kappa shape index (κ2) is 5.47. The van der Waals surface area contributed by atoms with E-state index >= 15 is 0 Å². The van der Waals surface area contributed by atoms with Crippen LogP contribution in [0.1, 0.15) is 32.6 Å². The summed E-state index contributed by atoms with van der Waals surface area (Å²) in [6.07, 6.45) is 5.03. The van der Waals surface area contributed by atoms with E-state index in [0.717, 1.165) is 13.1 Å². The van der Waals surface area contributed by atoms with Crippen molar-refractivity contribution >= 4 is 11.6 Å². The van der Waals surface area contributed by atoms with E-state index in [1.165, 1.54) is 25.7 Å². The van der Waals surface area contributed by atoms with Gasteiger partial charge in [0.25, 0.3) is 0 Å². The number of halogens is 1. The van der Waals surface area contributed by atoms with Gasteiger partial charge in [0.15, 0.2) is 0 Å². The third-order valence-electron chi connectivity index (χ3n) is 2.76. The molecule has 0 aromatic carbocycles. The van der Waals surface area contributed by atoms with Crippen molar-refractivity contribution in [2.45, 2.75) is 44.0 Å². The van der Waals surface area contributed by atoms with Gasteiger partial charge in [0, 0.05) is 12.6 Å². The fourth-order valence-electron chi connectivity index (χ4n) is 2.01. The van der Waals surface area contributed by atoms with Gasteiger partial charge in [-0.05, 0) is 25.8 Å². The smallest absolute Gasteiger partial charge is 0.133 e. The molecule has 0 bridgehead atoms. The second-order valence-corrected chi connectivity index (χ2v) is 4.18. The molecule has 74 valence electrons. The summed E-state index contributed by atoms with van der Waals surface area (Å²) >= 11 is 5.82. The van der Waals surface area contributed by atoms with Crippen LogP contribution in [0.25, 0.3) is 0 Å². The van der Waals surface area contributed by atoms with Gasteiger partial charge in [-0.3, -0.25) is 4.90 Å². The Morgan fingerprint density at radius 2 is 2.38 bits per heavy atom. The molecule has 0 amide bonds. The lowest BCUT2D eigenvalue weighted by molar-refractivity contribution is 0.148. The molecule has 2 nitrogen and oxygen atoms in total. The molecule has 1 rings (SSSR count). The number of hydrogen-bond donors (Lipinski definition) is 0. The quantitative estimate of drug-likeness (QED) is 0.655.